The highest BCUT2D eigenvalue weighted by Gasteiger charge is 2.54. The molecular formula is C36H59BN6O6Si2. The highest BCUT2D eigenvalue weighted by Crippen LogP contribution is 2.60. The van der Waals surface area contributed by atoms with Gasteiger partial charge in [0.15, 0.2) is 5.82 Å². The molecule has 3 aromatic rings. The van der Waals surface area contributed by atoms with Crippen LogP contribution in [0.15, 0.2) is 12.1 Å². The molecule has 0 unspecified atom stereocenters. The Balaban J connectivity index is 1.42. The third-order valence-electron chi connectivity index (χ3n) is 11.2. The number of anilines is 1. The second kappa shape index (κ2) is 14.8. The standard InChI is InChI=1S/C36H59BN6O6Si2/c1-25(41-10-12-47-13-11-41)35(44)40(3)27-19-29(37(45)46)33-30(20-27)42(23-48-14-16-50(4,5)6)34(38-33)32-28-18-26-21-36(26,2)22-31(28)43(39-32)24-49-15-17-51(7,8)9/h19-20,25-26,45-46H,10-18,21-24H2,1-9H3/t25-,26+,36+/m0/s1. The topological polar surface area (TPSA) is 127 Å². The third kappa shape index (κ3) is 8.56. The molecule has 2 aromatic heterocycles. The molecule has 3 atom stereocenters. The van der Waals surface area contributed by atoms with Crippen molar-refractivity contribution >= 4 is 51.4 Å². The number of morpholine rings is 1. The minimum Gasteiger partial charge on any atom is -0.423 e. The molecule has 12 nitrogen and oxygen atoms in total. The molecule has 15 heteroatoms. The molecule has 3 heterocycles. The Morgan fingerprint density at radius 1 is 1.08 bits per heavy atom. The third-order valence-corrected chi connectivity index (χ3v) is 14.6. The van der Waals surface area contributed by atoms with Crippen LogP contribution in [0.2, 0.25) is 51.4 Å². The van der Waals surface area contributed by atoms with E-state index in [0.29, 0.717) is 80.1 Å². The summed E-state index contributed by atoms with van der Waals surface area (Å²) in [6.45, 7) is 22.8. The van der Waals surface area contributed by atoms with Crippen LogP contribution >= 0.6 is 0 Å². The van der Waals surface area contributed by atoms with Crippen LogP contribution in [0.1, 0.15) is 31.5 Å². The van der Waals surface area contributed by atoms with Gasteiger partial charge in [0.2, 0.25) is 5.91 Å². The predicted octanol–water partition coefficient (Wildman–Crippen LogP) is 4.01. The summed E-state index contributed by atoms with van der Waals surface area (Å²) in [4.78, 5) is 22.7. The molecule has 1 aromatic carbocycles. The Kier molecular flexibility index (Phi) is 11.1. The molecule has 2 fully saturated rings. The lowest BCUT2D eigenvalue weighted by Gasteiger charge is -2.33. The number of carbonyl (C=O) groups is 1. The maximum Gasteiger partial charge on any atom is 0.490 e. The number of hydrogen-bond acceptors (Lipinski definition) is 9. The van der Waals surface area contributed by atoms with Crippen LogP contribution in [-0.4, -0.2) is 116 Å². The van der Waals surface area contributed by atoms with E-state index in [9.17, 15) is 14.8 Å². The second-order valence-corrected chi connectivity index (χ2v) is 29.0. The molecule has 2 N–H and O–H groups in total. The predicted molar refractivity (Wildman–Crippen MR) is 208 cm³/mol. The number of likely N-dealkylation sites (N-methyl/N-ethyl adjacent to an activating group) is 1. The van der Waals surface area contributed by atoms with Gasteiger partial charge in [-0.25, -0.2) is 9.67 Å². The minimum atomic E-state index is -1.80. The molecule has 1 aliphatic heterocycles. The first kappa shape index (κ1) is 38.4. The van der Waals surface area contributed by atoms with Gasteiger partial charge in [-0.3, -0.25) is 14.3 Å². The molecular weight excluding hydrogens is 679 g/mol. The maximum atomic E-state index is 13.8. The molecule has 1 amide bonds. The maximum absolute atomic E-state index is 13.8. The first-order valence-corrected chi connectivity index (χ1v) is 26.1. The van der Waals surface area contributed by atoms with E-state index < -0.39 is 23.3 Å². The van der Waals surface area contributed by atoms with Crippen LogP contribution < -0.4 is 10.4 Å². The van der Waals surface area contributed by atoms with E-state index in [1.807, 2.05) is 22.2 Å². The van der Waals surface area contributed by atoms with E-state index in [4.69, 9.17) is 24.3 Å². The van der Waals surface area contributed by atoms with Crippen LogP contribution in [0.3, 0.4) is 0 Å². The van der Waals surface area contributed by atoms with E-state index in [-0.39, 0.29) is 24.1 Å². The highest BCUT2D eigenvalue weighted by molar-refractivity contribution is 6.76. The van der Waals surface area contributed by atoms with Crippen molar-refractivity contribution in [3.8, 4) is 11.5 Å². The van der Waals surface area contributed by atoms with Crippen molar-refractivity contribution in [2.24, 2.45) is 11.3 Å². The van der Waals surface area contributed by atoms with Crippen molar-refractivity contribution in [1.29, 1.82) is 0 Å². The lowest BCUT2D eigenvalue weighted by Crippen LogP contribution is -2.50. The molecule has 280 valence electrons. The Morgan fingerprint density at radius 2 is 1.73 bits per heavy atom. The number of nitrogens with zero attached hydrogens (tertiary/aromatic N) is 6. The van der Waals surface area contributed by atoms with Crippen molar-refractivity contribution in [2.45, 2.75) is 104 Å². The number of carbonyl (C=O) groups excluding carboxylic acids is 1. The largest absolute Gasteiger partial charge is 0.490 e. The van der Waals surface area contributed by atoms with Gasteiger partial charge in [0, 0.05) is 71.9 Å². The van der Waals surface area contributed by atoms with Crippen molar-refractivity contribution in [1.82, 2.24) is 24.2 Å². The summed E-state index contributed by atoms with van der Waals surface area (Å²) in [5.74, 6) is 1.16. The highest BCUT2D eigenvalue weighted by atomic mass is 28.3. The molecule has 3 aliphatic rings. The zero-order valence-corrected chi connectivity index (χ0v) is 34.3. The number of aromatic nitrogens is 4. The molecule has 0 radical (unpaired) electrons. The Hall–Kier alpha value is -2.37. The summed E-state index contributed by atoms with van der Waals surface area (Å²) < 4.78 is 22.2. The van der Waals surface area contributed by atoms with Crippen molar-refractivity contribution < 1.29 is 29.1 Å². The van der Waals surface area contributed by atoms with Gasteiger partial charge in [0.1, 0.15) is 19.2 Å². The number of imidazole rings is 1. The lowest BCUT2D eigenvalue weighted by molar-refractivity contribution is -0.124. The number of fused-ring (bicyclic) bond motifs is 3. The van der Waals surface area contributed by atoms with Gasteiger partial charge in [0.05, 0.1) is 30.3 Å². The summed E-state index contributed by atoms with van der Waals surface area (Å²) in [7, 11) is -2.65. The summed E-state index contributed by atoms with van der Waals surface area (Å²) in [5.41, 5.74) is 5.41. The number of amides is 1. The number of hydrogen-bond donors (Lipinski definition) is 2. The van der Waals surface area contributed by atoms with Gasteiger partial charge in [-0.05, 0) is 61.7 Å². The summed E-state index contributed by atoms with van der Waals surface area (Å²) in [6.07, 6.45) is 3.07. The second-order valence-electron chi connectivity index (χ2n) is 17.8. The van der Waals surface area contributed by atoms with Crippen LogP contribution in [-0.2, 0) is 45.3 Å². The molecule has 1 saturated carbocycles. The fraction of sp³-hybridized carbons (Fsp3) is 0.694. The monoisotopic (exact) mass is 738 g/mol. The van der Waals surface area contributed by atoms with Gasteiger partial charge < -0.3 is 29.2 Å². The fourth-order valence-electron chi connectivity index (χ4n) is 7.43. The van der Waals surface area contributed by atoms with Crippen molar-refractivity contribution in [3.63, 3.8) is 0 Å². The SMILES string of the molecule is C[C@@H](C(=O)N(C)c1cc(B(O)O)c2nc(-c3nn(COCC[Si](C)(C)C)c4c3C[C@@H]3C[C@]3(C)C4)n(COCC[Si](C)(C)C)c2c1)N1CCOCC1. The van der Waals surface area contributed by atoms with Gasteiger partial charge in [-0.2, -0.15) is 5.10 Å². The Bertz CT molecular complexity index is 1730. The fourth-order valence-corrected chi connectivity index (χ4v) is 8.94. The number of ether oxygens (including phenoxy) is 3. The molecule has 51 heavy (non-hydrogen) atoms. The lowest BCUT2D eigenvalue weighted by atomic mass is 9.79. The van der Waals surface area contributed by atoms with Gasteiger partial charge in [-0.15, -0.1) is 0 Å². The van der Waals surface area contributed by atoms with Crippen molar-refractivity contribution in [3.05, 3.63) is 23.4 Å². The van der Waals surface area contributed by atoms with E-state index >= 15 is 0 Å². The average Bonchev–Trinajstić information content (AvgIpc) is 3.43. The molecule has 6 rings (SSSR count). The molecule has 0 bridgehead atoms. The van der Waals surface area contributed by atoms with Gasteiger partial charge in [-0.1, -0.05) is 46.2 Å². The van der Waals surface area contributed by atoms with Gasteiger partial charge >= 0.3 is 7.12 Å². The summed E-state index contributed by atoms with van der Waals surface area (Å²) in [5, 5.41) is 26.6. The zero-order chi connectivity index (χ0) is 36.9. The number of rotatable bonds is 15. The molecule has 0 spiro atoms. The van der Waals surface area contributed by atoms with E-state index in [1.165, 1.54) is 17.7 Å². The average molecular weight is 739 g/mol. The smallest absolute Gasteiger partial charge is 0.423 e. The van der Waals surface area contributed by atoms with E-state index in [2.05, 4.69) is 51.1 Å². The molecule has 2 aliphatic carbocycles. The Morgan fingerprint density at radius 3 is 2.35 bits per heavy atom. The first-order valence-electron chi connectivity index (χ1n) is 18.7. The molecule has 1 saturated heterocycles. The summed E-state index contributed by atoms with van der Waals surface area (Å²) in [6, 6.07) is 5.32. The zero-order valence-electron chi connectivity index (χ0n) is 32.3. The van der Waals surface area contributed by atoms with E-state index in [1.54, 1.807) is 18.0 Å². The minimum absolute atomic E-state index is 0.0817. The van der Waals surface area contributed by atoms with Crippen LogP contribution in [0.25, 0.3) is 22.6 Å². The summed E-state index contributed by atoms with van der Waals surface area (Å²) >= 11 is 0. The van der Waals surface area contributed by atoms with Crippen LogP contribution in [0.4, 0.5) is 5.69 Å². The normalized spacial score (nSPS) is 21.4. The quantitative estimate of drug-likeness (QED) is 0.176. The van der Waals surface area contributed by atoms with Crippen molar-refractivity contribution in [2.75, 3.05) is 51.5 Å². The Labute approximate surface area is 305 Å². The first-order chi connectivity index (χ1) is 24.0. The van der Waals surface area contributed by atoms with Gasteiger partial charge in [0.25, 0.3) is 0 Å². The van der Waals surface area contributed by atoms with E-state index in [0.717, 1.165) is 30.6 Å². The number of benzene rings is 1. The van der Waals surface area contributed by atoms with Crippen LogP contribution in [0, 0.1) is 11.3 Å². The van der Waals surface area contributed by atoms with Crippen LogP contribution in [0.5, 0.6) is 0 Å².